The Morgan fingerprint density at radius 3 is 0.795 bits per heavy atom. The molecule has 0 fully saturated rings. The van der Waals surface area contributed by atoms with Crippen LogP contribution < -0.4 is 9.80 Å². The average Bonchev–Trinajstić information content (AvgIpc) is 1.68. The van der Waals surface area contributed by atoms with Gasteiger partial charge in [0, 0.05) is 48.7 Å². The second kappa shape index (κ2) is 24.8. The minimum atomic E-state index is -2.22. The van der Waals surface area contributed by atoms with Gasteiger partial charge >= 0.3 is 0 Å². The molecule has 0 bridgehead atoms. The first-order chi connectivity index (χ1) is 42.5. The number of hydrogen-bond acceptors (Lipinski definition) is 2. The lowest BCUT2D eigenvalue weighted by Gasteiger charge is -2.38. The minimum absolute atomic E-state index is 0.448. The Hall–Kier alpha value is -8.75. The maximum absolute atomic E-state index is 4.08. The molecule has 0 N–H and O–H groups in total. The summed E-state index contributed by atoms with van der Waals surface area (Å²) in [5, 5.41) is 10.3. The highest BCUT2D eigenvalue weighted by atomic mass is 28.3. The van der Waals surface area contributed by atoms with Crippen molar-refractivity contribution in [1.82, 2.24) is 0 Å². The summed E-state index contributed by atoms with van der Waals surface area (Å²) in [6.45, 7) is 31.8. The largest absolute Gasteiger partial charge is 0.363 e. The number of rotatable bonds is 8. The Morgan fingerprint density at radius 2 is 0.545 bits per heavy atom. The van der Waals surface area contributed by atoms with Crippen LogP contribution in [0.1, 0.15) is 116 Å². The second-order valence-corrected chi connectivity index (χ2v) is 37.8. The van der Waals surface area contributed by atoms with Gasteiger partial charge in [0.1, 0.15) is 16.1 Å². The van der Waals surface area contributed by atoms with Crippen molar-refractivity contribution in [2.75, 3.05) is 9.80 Å². The molecule has 0 saturated carbocycles. The highest BCUT2D eigenvalue weighted by Gasteiger charge is 2.43. The van der Waals surface area contributed by atoms with Gasteiger partial charge in [-0.05, 0) is 169 Å². The van der Waals surface area contributed by atoms with Gasteiger partial charge in [0.15, 0.2) is 0 Å². The molecule has 2 nitrogen and oxygen atoms in total. The van der Waals surface area contributed by atoms with Gasteiger partial charge in [-0.15, -0.1) is 11.1 Å². The number of hydrogen-bond donors (Lipinski definition) is 0. The lowest BCUT2D eigenvalue weighted by atomic mass is 9.88. The summed E-state index contributed by atoms with van der Waals surface area (Å²) < 4.78 is 0. The van der Waals surface area contributed by atoms with Gasteiger partial charge in [0.2, 0.25) is 0 Å². The van der Waals surface area contributed by atoms with Crippen LogP contribution >= 0.6 is 0 Å². The second-order valence-electron chi connectivity index (χ2n) is 26.6. The van der Waals surface area contributed by atoms with Crippen LogP contribution in [0.3, 0.4) is 0 Å². The molecule has 0 aromatic heterocycles. The first-order valence-electron chi connectivity index (χ1n) is 32.1. The van der Waals surface area contributed by atoms with E-state index in [1.165, 1.54) is 87.6 Å². The van der Waals surface area contributed by atoms with E-state index in [-0.39, 0.29) is 0 Å². The van der Waals surface area contributed by atoms with Gasteiger partial charge in [-0.1, -0.05) is 264 Å². The Morgan fingerprint density at radius 1 is 0.295 bits per heavy atom. The standard InChI is InChI=1S/C84H82N2Si2/c1-57(2)87(58(3)4,59(5)6)51-49-65(35-29-63-31-45-75(46-32-63)85-53-71-41-37-67-21-13-17-25-77(67)81(71)82-72(54-85)42-38-68-22-14-18-26-78(68)82)66(50-52-88(60(7)8,61(9)10)62(11)12)36-30-64-33-47-76(48-34-64)86-55-73-43-39-69-23-15-19-27-79(69)83(73)84-74(56-86)44-40-70-24-16-20-28-80(70)84/h13-28,31-34,37-48,57-62H,53-56H2,1-12H3/b66-65+. The summed E-state index contributed by atoms with van der Waals surface area (Å²) in [4.78, 5) is 5.05. The van der Waals surface area contributed by atoms with Gasteiger partial charge < -0.3 is 9.80 Å². The first-order valence-corrected chi connectivity index (χ1v) is 36.6. The van der Waals surface area contributed by atoms with Crippen LogP contribution in [0.4, 0.5) is 11.4 Å². The van der Waals surface area contributed by atoms with Crippen molar-refractivity contribution in [2.24, 2.45) is 0 Å². The van der Waals surface area contributed by atoms with Gasteiger partial charge in [-0.3, -0.25) is 0 Å². The topological polar surface area (TPSA) is 6.48 Å². The maximum atomic E-state index is 4.08. The van der Waals surface area contributed by atoms with Crippen LogP contribution in [0.5, 0.6) is 0 Å². The molecule has 4 heteroatoms. The molecule has 10 aromatic rings. The summed E-state index contributed by atoms with van der Waals surface area (Å²) in [6.07, 6.45) is 0. The molecule has 0 radical (unpaired) electrons. The fourth-order valence-electron chi connectivity index (χ4n) is 15.6. The molecule has 0 aliphatic carbocycles. The van der Waals surface area contributed by atoms with Crippen LogP contribution in [0.25, 0.3) is 65.3 Å². The van der Waals surface area contributed by atoms with Gasteiger partial charge in [0.25, 0.3) is 0 Å². The molecule has 436 valence electrons. The molecule has 0 spiro atoms. The minimum Gasteiger partial charge on any atom is -0.363 e. The van der Waals surface area contributed by atoms with Crippen LogP contribution in [0.2, 0.25) is 33.2 Å². The molecule has 0 unspecified atom stereocenters. The van der Waals surface area contributed by atoms with Crippen LogP contribution in [0.15, 0.2) is 205 Å². The van der Waals surface area contributed by atoms with Crippen LogP contribution in [0, 0.1) is 46.6 Å². The molecule has 0 saturated heterocycles. The van der Waals surface area contributed by atoms with Crippen molar-refractivity contribution in [2.45, 2.75) is 143 Å². The Bertz CT molecular complexity index is 4110. The van der Waals surface area contributed by atoms with Crippen molar-refractivity contribution in [3.63, 3.8) is 0 Å². The number of allylic oxidation sites excluding steroid dienone is 2. The predicted molar refractivity (Wildman–Crippen MR) is 385 cm³/mol. The Balaban J connectivity index is 0.955. The molecular weight excluding hydrogens is 1090 g/mol. The van der Waals surface area contributed by atoms with Crippen molar-refractivity contribution >= 4 is 70.6 Å². The van der Waals surface area contributed by atoms with Gasteiger partial charge in [-0.2, -0.15) is 0 Å². The normalized spacial score (nSPS) is 13.4. The van der Waals surface area contributed by atoms with Crippen molar-refractivity contribution in [3.8, 4) is 68.9 Å². The van der Waals surface area contributed by atoms with Crippen molar-refractivity contribution in [3.05, 3.63) is 239 Å². The Kier molecular flexibility index (Phi) is 16.8. The lowest BCUT2D eigenvalue weighted by Crippen LogP contribution is -2.43. The lowest BCUT2D eigenvalue weighted by molar-refractivity contribution is 0.813. The predicted octanol–water partition coefficient (Wildman–Crippen LogP) is 21.8. The van der Waals surface area contributed by atoms with E-state index in [9.17, 15) is 0 Å². The summed E-state index contributed by atoms with van der Waals surface area (Å²) in [5.41, 5.74) is 27.2. The van der Waals surface area contributed by atoms with Gasteiger partial charge in [0.05, 0.1) is 11.1 Å². The van der Waals surface area contributed by atoms with E-state index >= 15 is 0 Å². The number of fused-ring (bicyclic) bond motifs is 14. The van der Waals surface area contributed by atoms with Crippen LogP contribution in [-0.2, 0) is 26.2 Å². The van der Waals surface area contributed by atoms with Crippen molar-refractivity contribution < 1.29 is 0 Å². The number of nitrogens with zero attached hydrogens (tertiary/aromatic N) is 2. The Labute approximate surface area is 527 Å². The molecular formula is C84H82N2Si2. The smallest absolute Gasteiger partial charge is 0.146 e. The van der Waals surface area contributed by atoms with Gasteiger partial charge in [-0.25, -0.2) is 0 Å². The summed E-state index contributed by atoms with van der Waals surface area (Å²) in [6, 6.07) is 71.7. The quantitative estimate of drug-likeness (QED) is 0.111. The number of benzene rings is 10. The monoisotopic (exact) mass is 1170 g/mol. The molecule has 0 amide bonds. The highest BCUT2D eigenvalue weighted by molar-refractivity contribution is 6.91. The van der Waals surface area contributed by atoms with E-state index in [4.69, 9.17) is 0 Å². The van der Waals surface area contributed by atoms with E-state index in [2.05, 4.69) is 334 Å². The summed E-state index contributed by atoms with van der Waals surface area (Å²) in [5.74, 6) is 22.5. The average molecular weight is 1180 g/mol. The SMILES string of the molecule is CC(C)[Si](C#C/C(C#Cc1ccc(N2Cc3ccc4ccccc4c3-c3c(ccc4ccccc34)C2)cc1)=C(\C#Cc1ccc(N2Cc3ccc4ccccc4c3-c3c(ccc4ccccc34)C2)cc1)C#C[Si](C(C)C)(C(C)C)C(C)C)(C(C)C)C(C)C. The summed E-state index contributed by atoms with van der Waals surface area (Å²) in [7, 11) is -4.43. The molecule has 2 aliphatic rings. The zero-order valence-electron chi connectivity index (χ0n) is 53.7. The fourth-order valence-corrected chi connectivity index (χ4v) is 26.0. The number of anilines is 2. The zero-order valence-corrected chi connectivity index (χ0v) is 55.7. The third-order valence-corrected chi connectivity index (χ3v) is 32.5. The van der Waals surface area contributed by atoms with E-state index in [1.807, 2.05) is 0 Å². The summed E-state index contributed by atoms with van der Waals surface area (Å²) >= 11 is 0. The highest BCUT2D eigenvalue weighted by Crippen LogP contribution is 2.46. The zero-order chi connectivity index (χ0) is 61.4. The van der Waals surface area contributed by atoms with Crippen LogP contribution in [-0.4, -0.2) is 16.1 Å². The molecule has 10 aromatic carbocycles. The molecule has 88 heavy (non-hydrogen) atoms. The van der Waals surface area contributed by atoms with E-state index in [0.29, 0.717) is 33.2 Å². The first kappa shape index (κ1) is 59.6. The van der Waals surface area contributed by atoms with E-state index < -0.39 is 16.1 Å². The van der Waals surface area contributed by atoms with E-state index in [1.54, 1.807) is 0 Å². The molecule has 0 atom stereocenters. The molecule has 12 rings (SSSR count). The van der Waals surface area contributed by atoms with E-state index in [0.717, 1.165) is 59.8 Å². The molecule has 2 heterocycles. The van der Waals surface area contributed by atoms with Crippen molar-refractivity contribution in [1.29, 1.82) is 0 Å². The molecule has 2 aliphatic heterocycles. The maximum Gasteiger partial charge on any atom is 0.146 e. The third-order valence-electron chi connectivity index (χ3n) is 19.9. The fraction of sp³-hybridized carbons (Fsp3) is 0.262. The third kappa shape index (κ3) is 11.1.